The average Bonchev–Trinajstić information content (AvgIpc) is 2.92. The standard InChI is InChI=1S/C29H32N6O/c1-4-35(5-2)18-15-22-9-12-25(13-10-22)32-28(36)23-11-8-21(3)27(19-23)34-29-31-17-14-26(33-29)24-7-6-16-30-20-24/h6-14,16-17,19-20H,4-5,15,18H2,1-3H3,(H,32,36)(H,31,33,34). The van der Waals surface area contributed by atoms with Gasteiger partial charge in [-0.3, -0.25) is 9.78 Å². The largest absolute Gasteiger partial charge is 0.324 e. The second kappa shape index (κ2) is 12.0. The first-order valence-corrected chi connectivity index (χ1v) is 12.3. The molecule has 7 nitrogen and oxygen atoms in total. The molecule has 0 radical (unpaired) electrons. The number of hydrogen-bond donors (Lipinski definition) is 2. The lowest BCUT2D eigenvalue weighted by Crippen LogP contribution is -2.25. The number of carbonyl (C=O) groups excluding carboxylic acids is 1. The Morgan fingerprint density at radius 2 is 1.78 bits per heavy atom. The van der Waals surface area contributed by atoms with E-state index in [0.717, 1.165) is 54.3 Å². The van der Waals surface area contributed by atoms with Crippen molar-refractivity contribution in [3.63, 3.8) is 0 Å². The zero-order valence-corrected chi connectivity index (χ0v) is 21.0. The van der Waals surface area contributed by atoms with Gasteiger partial charge >= 0.3 is 0 Å². The van der Waals surface area contributed by atoms with Crippen LogP contribution in [0.5, 0.6) is 0 Å². The van der Waals surface area contributed by atoms with E-state index >= 15 is 0 Å². The molecule has 2 aromatic carbocycles. The summed E-state index contributed by atoms with van der Waals surface area (Å²) in [6, 6.07) is 19.3. The fraction of sp³-hybridized carbons (Fsp3) is 0.241. The van der Waals surface area contributed by atoms with Gasteiger partial charge in [-0.2, -0.15) is 0 Å². The summed E-state index contributed by atoms with van der Waals surface area (Å²) in [5.74, 6) is 0.288. The van der Waals surface area contributed by atoms with Crippen LogP contribution in [-0.4, -0.2) is 45.4 Å². The van der Waals surface area contributed by atoms with E-state index in [9.17, 15) is 4.79 Å². The van der Waals surface area contributed by atoms with Crippen LogP contribution in [0.3, 0.4) is 0 Å². The predicted molar refractivity (Wildman–Crippen MR) is 146 cm³/mol. The number of likely N-dealkylation sites (N-methyl/N-ethyl adjacent to an activating group) is 1. The van der Waals surface area contributed by atoms with Crippen molar-refractivity contribution in [3.05, 3.63) is 95.9 Å². The molecule has 0 saturated carbocycles. The van der Waals surface area contributed by atoms with E-state index in [1.54, 1.807) is 18.6 Å². The molecule has 0 atom stereocenters. The van der Waals surface area contributed by atoms with Crippen LogP contribution in [0, 0.1) is 6.92 Å². The number of pyridine rings is 1. The zero-order valence-electron chi connectivity index (χ0n) is 21.0. The van der Waals surface area contributed by atoms with Gasteiger partial charge in [-0.25, -0.2) is 9.97 Å². The molecule has 0 saturated heterocycles. The van der Waals surface area contributed by atoms with Crippen molar-refractivity contribution in [3.8, 4) is 11.3 Å². The maximum atomic E-state index is 13.0. The minimum atomic E-state index is -0.168. The molecule has 0 bridgehead atoms. The summed E-state index contributed by atoms with van der Waals surface area (Å²) in [5, 5.41) is 6.25. The van der Waals surface area contributed by atoms with Crippen molar-refractivity contribution < 1.29 is 4.79 Å². The topological polar surface area (TPSA) is 83.0 Å². The first kappa shape index (κ1) is 25.0. The number of carbonyl (C=O) groups is 1. The molecule has 0 aliphatic heterocycles. The first-order chi connectivity index (χ1) is 17.6. The number of hydrogen-bond acceptors (Lipinski definition) is 6. The van der Waals surface area contributed by atoms with Crippen molar-refractivity contribution in [2.24, 2.45) is 0 Å². The van der Waals surface area contributed by atoms with Gasteiger partial charge in [0, 0.05) is 47.6 Å². The molecule has 0 spiro atoms. The summed E-state index contributed by atoms with van der Waals surface area (Å²) in [6.07, 6.45) is 6.19. The Morgan fingerprint density at radius 1 is 0.972 bits per heavy atom. The number of benzene rings is 2. The highest BCUT2D eigenvalue weighted by atomic mass is 16.1. The van der Waals surface area contributed by atoms with Crippen molar-refractivity contribution in [2.45, 2.75) is 27.2 Å². The molecule has 184 valence electrons. The molecule has 36 heavy (non-hydrogen) atoms. The maximum Gasteiger partial charge on any atom is 0.255 e. The van der Waals surface area contributed by atoms with Gasteiger partial charge in [0.25, 0.3) is 5.91 Å². The Bertz CT molecular complexity index is 1290. The van der Waals surface area contributed by atoms with Crippen molar-refractivity contribution in [1.82, 2.24) is 19.9 Å². The quantitative estimate of drug-likeness (QED) is 0.302. The molecule has 2 heterocycles. The van der Waals surface area contributed by atoms with E-state index in [2.05, 4.69) is 56.5 Å². The van der Waals surface area contributed by atoms with E-state index in [4.69, 9.17) is 0 Å². The van der Waals surface area contributed by atoms with E-state index < -0.39 is 0 Å². The van der Waals surface area contributed by atoms with Gasteiger partial charge in [0.15, 0.2) is 0 Å². The maximum absolute atomic E-state index is 13.0. The summed E-state index contributed by atoms with van der Waals surface area (Å²) in [4.78, 5) is 28.5. The number of amides is 1. The third kappa shape index (κ3) is 6.52. The third-order valence-corrected chi connectivity index (χ3v) is 6.18. The van der Waals surface area contributed by atoms with Crippen LogP contribution in [0.1, 0.15) is 35.3 Å². The Labute approximate surface area is 212 Å². The summed E-state index contributed by atoms with van der Waals surface area (Å²) in [5.41, 5.74) is 6.03. The van der Waals surface area contributed by atoms with Crippen LogP contribution < -0.4 is 10.6 Å². The smallest absolute Gasteiger partial charge is 0.255 e. The number of aryl methyl sites for hydroxylation is 1. The predicted octanol–water partition coefficient (Wildman–Crippen LogP) is 5.73. The number of aromatic nitrogens is 3. The molecule has 2 N–H and O–H groups in total. The summed E-state index contributed by atoms with van der Waals surface area (Å²) in [7, 11) is 0. The van der Waals surface area contributed by atoms with Crippen LogP contribution in [-0.2, 0) is 6.42 Å². The molecule has 2 aromatic heterocycles. The van der Waals surface area contributed by atoms with Crippen LogP contribution in [0.4, 0.5) is 17.3 Å². The van der Waals surface area contributed by atoms with Gasteiger partial charge in [-0.1, -0.05) is 32.0 Å². The van der Waals surface area contributed by atoms with Gasteiger partial charge < -0.3 is 15.5 Å². The minimum absolute atomic E-state index is 0.168. The second-order valence-electron chi connectivity index (χ2n) is 8.59. The molecule has 0 fully saturated rings. The van der Waals surface area contributed by atoms with Gasteiger partial charge in [0.2, 0.25) is 5.95 Å². The average molecular weight is 481 g/mol. The zero-order chi connectivity index (χ0) is 25.3. The van der Waals surface area contributed by atoms with Gasteiger partial charge in [0.1, 0.15) is 0 Å². The molecule has 0 aliphatic rings. The Balaban J connectivity index is 1.43. The van der Waals surface area contributed by atoms with Crippen molar-refractivity contribution >= 4 is 23.2 Å². The minimum Gasteiger partial charge on any atom is -0.324 e. The van der Waals surface area contributed by atoms with Gasteiger partial charge in [-0.15, -0.1) is 0 Å². The highest BCUT2D eigenvalue weighted by molar-refractivity contribution is 6.05. The SMILES string of the molecule is CCN(CC)CCc1ccc(NC(=O)c2ccc(C)c(Nc3nccc(-c4cccnc4)n3)c2)cc1. The molecule has 1 amide bonds. The summed E-state index contributed by atoms with van der Waals surface area (Å²) >= 11 is 0. The molecular formula is C29H32N6O. The van der Waals surface area contributed by atoms with E-state index in [1.165, 1.54) is 5.56 Å². The Hall–Kier alpha value is -4.10. The fourth-order valence-corrected chi connectivity index (χ4v) is 3.90. The van der Waals surface area contributed by atoms with E-state index in [-0.39, 0.29) is 5.91 Å². The first-order valence-electron chi connectivity index (χ1n) is 12.3. The van der Waals surface area contributed by atoms with Crippen molar-refractivity contribution in [2.75, 3.05) is 30.3 Å². The lowest BCUT2D eigenvalue weighted by atomic mass is 10.1. The monoisotopic (exact) mass is 480 g/mol. The summed E-state index contributed by atoms with van der Waals surface area (Å²) < 4.78 is 0. The lowest BCUT2D eigenvalue weighted by Gasteiger charge is -2.17. The molecule has 4 rings (SSSR count). The second-order valence-corrected chi connectivity index (χ2v) is 8.59. The Kier molecular flexibility index (Phi) is 8.36. The fourth-order valence-electron chi connectivity index (χ4n) is 3.90. The normalized spacial score (nSPS) is 10.9. The highest BCUT2D eigenvalue weighted by Crippen LogP contribution is 2.23. The van der Waals surface area contributed by atoms with Crippen LogP contribution in [0.25, 0.3) is 11.3 Å². The highest BCUT2D eigenvalue weighted by Gasteiger charge is 2.11. The van der Waals surface area contributed by atoms with Crippen LogP contribution in [0.15, 0.2) is 79.3 Å². The van der Waals surface area contributed by atoms with Crippen LogP contribution >= 0.6 is 0 Å². The van der Waals surface area contributed by atoms with E-state index in [1.807, 2.05) is 55.5 Å². The van der Waals surface area contributed by atoms with Gasteiger partial charge in [0.05, 0.1) is 5.69 Å². The number of anilines is 3. The molecule has 4 aromatic rings. The third-order valence-electron chi connectivity index (χ3n) is 6.18. The number of rotatable bonds is 10. The van der Waals surface area contributed by atoms with Gasteiger partial charge in [-0.05, 0) is 80.0 Å². The Morgan fingerprint density at radius 3 is 2.50 bits per heavy atom. The van der Waals surface area contributed by atoms with Crippen LogP contribution in [0.2, 0.25) is 0 Å². The number of nitrogens with zero attached hydrogens (tertiary/aromatic N) is 4. The summed E-state index contributed by atoms with van der Waals surface area (Å²) in [6.45, 7) is 9.49. The number of nitrogens with one attached hydrogen (secondary N) is 2. The molecule has 0 unspecified atom stereocenters. The molecule has 7 heteroatoms. The molecular weight excluding hydrogens is 448 g/mol. The molecule has 0 aliphatic carbocycles. The van der Waals surface area contributed by atoms with Crippen molar-refractivity contribution in [1.29, 1.82) is 0 Å². The van der Waals surface area contributed by atoms with E-state index in [0.29, 0.717) is 11.5 Å². The lowest BCUT2D eigenvalue weighted by molar-refractivity contribution is 0.102.